The molecule has 1 saturated carbocycles. The summed E-state index contributed by atoms with van der Waals surface area (Å²) in [4.78, 5) is 30.4. The number of H-pyrrole nitrogens is 1. The molecule has 2 aromatic carbocycles. The molecule has 0 spiro atoms. The number of hydrogen-bond donors (Lipinski definition) is 2. The third-order valence-electron chi connectivity index (χ3n) is 6.62. The molecule has 4 unspecified atom stereocenters. The predicted molar refractivity (Wildman–Crippen MR) is 144 cm³/mol. The van der Waals surface area contributed by atoms with Crippen molar-refractivity contribution in [3.8, 4) is 5.75 Å². The molecule has 186 valence electrons. The number of Topliss-reactive ketones (excluding diaryl/α,β-unsaturated/α-hetero) is 1. The number of alkyl halides is 1. The molecule has 36 heavy (non-hydrogen) atoms. The predicted octanol–water partition coefficient (Wildman–Crippen LogP) is 5.33. The third-order valence-corrected chi connectivity index (χ3v) is 8.41. The monoisotopic (exact) mass is 586 g/mol. The van der Waals surface area contributed by atoms with Crippen LogP contribution >= 0.6 is 39.3 Å². The second kappa shape index (κ2) is 10.4. The lowest BCUT2D eigenvalue weighted by molar-refractivity contribution is -0.119. The van der Waals surface area contributed by atoms with Crippen molar-refractivity contribution in [3.63, 3.8) is 0 Å². The minimum Gasteiger partial charge on any atom is -0.496 e. The lowest BCUT2D eigenvalue weighted by atomic mass is 9.74. The lowest BCUT2D eigenvalue weighted by Crippen LogP contribution is -2.52. The second-order valence-electron chi connectivity index (χ2n) is 8.90. The van der Waals surface area contributed by atoms with Crippen LogP contribution in [0.1, 0.15) is 52.5 Å². The summed E-state index contributed by atoms with van der Waals surface area (Å²) in [6.07, 6.45) is 2.69. The number of nitrogens with zero attached hydrogens (tertiary/aromatic N) is 2. The number of para-hydroxylation sites is 1. The van der Waals surface area contributed by atoms with Gasteiger partial charge in [-0.2, -0.15) is 0 Å². The highest BCUT2D eigenvalue weighted by Crippen LogP contribution is 2.44. The first kappa shape index (κ1) is 25.0. The molecule has 1 aromatic heterocycles. The van der Waals surface area contributed by atoms with Crippen LogP contribution in [0, 0.1) is 0 Å². The zero-order valence-corrected chi connectivity index (χ0v) is 22.8. The van der Waals surface area contributed by atoms with Gasteiger partial charge in [0.15, 0.2) is 5.78 Å². The SMILES string of the molecule is COc1ccccc1C1C(Cl)CC1NC(=O)CSc1n[nH]c(C2C(=O)c3cc(Br)ccc3C=C2C)n1. The number of allylic oxidation sites excluding steroid dienone is 1. The van der Waals surface area contributed by atoms with E-state index in [1.807, 2.05) is 55.5 Å². The molecule has 0 aliphatic heterocycles. The van der Waals surface area contributed by atoms with Crippen molar-refractivity contribution in [3.05, 3.63) is 75.0 Å². The Morgan fingerprint density at radius 2 is 2.11 bits per heavy atom. The Labute approximate surface area is 226 Å². The Morgan fingerprint density at radius 1 is 1.31 bits per heavy atom. The molecule has 2 aliphatic rings. The van der Waals surface area contributed by atoms with Gasteiger partial charge in [0.05, 0.1) is 12.9 Å². The Hall–Kier alpha value is -2.62. The number of halogens is 2. The van der Waals surface area contributed by atoms with Gasteiger partial charge in [0.1, 0.15) is 17.5 Å². The number of nitrogens with one attached hydrogen (secondary N) is 2. The van der Waals surface area contributed by atoms with Crippen LogP contribution < -0.4 is 10.1 Å². The maximum atomic E-state index is 13.2. The van der Waals surface area contributed by atoms with Gasteiger partial charge in [0.25, 0.3) is 0 Å². The van der Waals surface area contributed by atoms with Crippen LogP contribution in [0.4, 0.5) is 0 Å². The minimum atomic E-state index is -0.528. The highest BCUT2D eigenvalue weighted by Gasteiger charge is 2.43. The van der Waals surface area contributed by atoms with Crippen LogP contribution in [0.2, 0.25) is 0 Å². The van der Waals surface area contributed by atoms with Gasteiger partial charge < -0.3 is 10.1 Å². The summed E-state index contributed by atoms with van der Waals surface area (Å²) >= 11 is 11.2. The van der Waals surface area contributed by atoms with Gasteiger partial charge in [-0.1, -0.05) is 63.6 Å². The average Bonchev–Trinajstić information content (AvgIpc) is 3.32. The lowest BCUT2D eigenvalue weighted by Gasteiger charge is -2.42. The third kappa shape index (κ3) is 4.84. The quantitative estimate of drug-likeness (QED) is 0.287. The maximum Gasteiger partial charge on any atom is 0.230 e. The van der Waals surface area contributed by atoms with Crippen LogP contribution in [0.3, 0.4) is 0 Å². The summed E-state index contributed by atoms with van der Waals surface area (Å²) in [6, 6.07) is 13.3. The van der Waals surface area contributed by atoms with Gasteiger partial charge in [-0.05, 0) is 37.1 Å². The number of benzene rings is 2. The van der Waals surface area contributed by atoms with Crippen molar-refractivity contribution in [2.75, 3.05) is 12.9 Å². The van der Waals surface area contributed by atoms with Crippen LogP contribution in [0.25, 0.3) is 6.08 Å². The van der Waals surface area contributed by atoms with Crippen molar-refractivity contribution < 1.29 is 14.3 Å². The van der Waals surface area contributed by atoms with Gasteiger partial charge in [-0.15, -0.1) is 16.7 Å². The fourth-order valence-corrected chi connectivity index (χ4v) is 6.30. The number of fused-ring (bicyclic) bond motifs is 1. The van der Waals surface area contributed by atoms with Crippen LogP contribution in [0.5, 0.6) is 5.75 Å². The Balaban J connectivity index is 1.21. The maximum absolute atomic E-state index is 13.2. The number of rotatable bonds is 7. The van der Waals surface area contributed by atoms with Crippen molar-refractivity contribution >= 4 is 57.1 Å². The number of carbonyl (C=O) groups is 2. The molecule has 10 heteroatoms. The van der Waals surface area contributed by atoms with Gasteiger partial charge in [0, 0.05) is 32.9 Å². The van der Waals surface area contributed by atoms with Crippen molar-refractivity contribution in [2.24, 2.45) is 0 Å². The van der Waals surface area contributed by atoms with E-state index < -0.39 is 5.92 Å². The highest BCUT2D eigenvalue weighted by molar-refractivity contribution is 9.10. The molecule has 0 radical (unpaired) electrons. The highest BCUT2D eigenvalue weighted by atomic mass is 79.9. The van der Waals surface area contributed by atoms with E-state index in [9.17, 15) is 9.59 Å². The summed E-state index contributed by atoms with van der Waals surface area (Å²) in [7, 11) is 1.63. The minimum absolute atomic E-state index is 0.0122. The molecule has 3 aromatic rings. The fourth-order valence-electron chi connectivity index (χ4n) is 4.82. The van der Waals surface area contributed by atoms with Crippen LogP contribution in [-0.4, -0.2) is 51.2 Å². The van der Waals surface area contributed by atoms with E-state index in [-0.39, 0.29) is 34.8 Å². The molecule has 0 bridgehead atoms. The van der Waals surface area contributed by atoms with Crippen LogP contribution in [-0.2, 0) is 4.79 Å². The number of hydrogen-bond acceptors (Lipinski definition) is 6. The normalized spacial score (nSPS) is 22.9. The first-order chi connectivity index (χ1) is 17.4. The Morgan fingerprint density at radius 3 is 2.89 bits per heavy atom. The van der Waals surface area contributed by atoms with Gasteiger partial charge >= 0.3 is 0 Å². The largest absolute Gasteiger partial charge is 0.496 e. The van der Waals surface area contributed by atoms with Crippen molar-refractivity contribution in [1.82, 2.24) is 20.5 Å². The topological polar surface area (TPSA) is 97.0 Å². The van der Waals surface area contributed by atoms with Gasteiger partial charge in [-0.25, -0.2) is 4.98 Å². The molecule has 5 rings (SSSR count). The van der Waals surface area contributed by atoms with E-state index in [1.165, 1.54) is 11.8 Å². The number of carbonyl (C=O) groups excluding carboxylic acids is 2. The van der Waals surface area contributed by atoms with Gasteiger partial charge in [0.2, 0.25) is 11.1 Å². The molecule has 2 N–H and O–H groups in total. The molecular weight excluding hydrogens is 564 g/mol. The number of amides is 1. The smallest absolute Gasteiger partial charge is 0.230 e. The zero-order valence-electron chi connectivity index (χ0n) is 19.6. The summed E-state index contributed by atoms with van der Waals surface area (Å²) in [6.45, 7) is 1.91. The molecule has 1 fully saturated rings. The number of ether oxygens (including phenoxy) is 1. The van der Waals surface area contributed by atoms with E-state index in [0.29, 0.717) is 23.0 Å². The first-order valence-corrected chi connectivity index (χ1v) is 13.7. The molecule has 1 amide bonds. The Bertz CT molecular complexity index is 1360. The summed E-state index contributed by atoms with van der Waals surface area (Å²) < 4.78 is 6.32. The molecular formula is C26H24BrClN4O3S. The fraction of sp³-hybridized carbons (Fsp3) is 0.308. The van der Waals surface area contributed by atoms with Gasteiger partial charge in [-0.3, -0.25) is 14.7 Å². The number of thioether (sulfide) groups is 1. The molecule has 1 heterocycles. The summed E-state index contributed by atoms with van der Waals surface area (Å²) in [5.41, 5.74) is 3.43. The number of ketones is 1. The molecule has 4 atom stereocenters. The van der Waals surface area contributed by atoms with E-state index in [4.69, 9.17) is 16.3 Å². The number of aromatic amines is 1. The molecule has 7 nitrogen and oxygen atoms in total. The van der Waals surface area contributed by atoms with E-state index in [2.05, 4.69) is 36.4 Å². The van der Waals surface area contributed by atoms with Crippen LogP contribution in [0.15, 0.2) is 57.7 Å². The average molecular weight is 588 g/mol. The van der Waals surface area contributed by atoms with E-state index in [0.717, 1.165) is 26.9 Å². The summed E-state index contributed by atoms with van der Waals surface area (Å²) in [5.74, 6) is 0.710. The first-order valence-electron chi connectivity index (χ1n) is 11.5. The van der Waals surface area contributed by atoms with E-state index >= 15 is 0 Å². The van der Waals surface area contributed by atoms with Crippen molar-refractivity contribution in [1.29, 1.82) is 0 Å². The second-order valence-corrected chi connectivity index (χ2v) is 11.3. The van der Waals surface area contributed by atoms with Crippen molar-refractivity contribution in [2.45, 2.75) is 41.8 Å². The standard InChI is InChI=1S/C26H24BrClN4O3S/c1-13-9-14-7-8-15(27)10-17(14)24(34)22(13)25-30-26(32-31-25)36-12-21(33)29-19-11-18(28)23(19)16-5-3-4-6-20(16)35-2/h3-10,18-19,22-23H,11-12H2,1-2H3,(H,29,33)(H,30,31,32). The molecule has 0 saturated heterocycles. The summed E-state index contributed by atoms with van der Waals surface area (Å²) in [5, 5.41) is 10.6. The molecule has 2 aliphatic carbocycles. The Kier molecular flexibility index (Phi) is 7.23. The zero-order chi connectivity index (χ0) is 25.4. The number of methoxy groups -OCH3 is 1. The van der Waals surface area contributed by atoms with E-state index in [1.54, 1.807) is 7.11 Å². The number of aromatic nitrogens is 3.